The number of benzene rings is 1. The van der Waals surface area contributed by atoms with Crippen molar-refractivity contribution >= 4 is 51.2 Å². The van der Waals surface area contributed by atoms with E-state index < -0.39 is 0 Å². The molecule has 0 saturated heterocycles. The second-order valence-corrected chi connectivity index (χ2v) is 7.17. The summed E-state index contributed by atoms with van der Waals surface area (Å²) in [5.74, 6) is 0.0604. The molecule has 1 aliphatic heterocycles. The molecule has 3 aromatic rings. The van der Waals surface area contributed by atoms with E-state index in [-0.39, 0.29) is 22.9 Å². The van der Waals surface area contributed by atoms with Crippen molar-refractivity contribution in [1.29, 1.82) is 0 Å². The molecule has 7 heteroatoms. The fourth-order valence-corrected chi connectivity index (χ4v) is 4.20. The van der Waals surface area contributed by atoms with Crippen molar-refractivity contribution in [3.05, 3.63) is 50.2 Å². The Morgan fingerprint density at radius 1 is 1.17 bits per heavy atom. The van der Waals surface area contributed by atoms with Gasteiger partial charge in [0.15, 0.2) is 0 Å². The zero-order valence-corrected chi connectivity index (χ0v) is 15.7. The summed E-state index contributed by atoms with van der Waals surface area (Å²) in [7, 11) is 0. The normalized spacial score (nSPS) is 12.7. The lowest BCUT2D eigenvalue weighted by atomic mass is 10.1. The van der Waals surface area contributed by atoms with Gasteiger partial charge in [0.2, 0.25) is 5.91 Å². The molecule has 118 valence electrons. The number of nitrogens with zero attached hydrogens (tertiary/aromatic N) is 2. The summed E-state index contributed by atoms with van der Waals surface area (Å²) >= 11 is 3.33. The summed E-state index contributed by atoms with van der Waals surface area (Å²) in [5.41, 5.74) is 5.06. The number of hydrogen-bond acceptors (Lipinski definition) is 5. The fourth-order valence-electron chi connectivity index (χ4n) is 2.53. The molecule has 4 nitrogen and oxygen atoms in total. The molecule has 0 unspecified atom stereocenters. The Bertz CT molecular complexity index is 872. The molecular formula is C16H14BrN3OS2. The van der Waals surface area contributed by atoms with Gasteiger partial charge >= 0.3 is 0 Å². The van der Waals surface area contributed by atoms with Crippen LogP contribution in [0.1, 0.15) is 21.3 Å². The minimum atomic E-state index is 0. The van der Waals surface area contributed by atoms with Crippen LogP contribution in [-0.2, 0) is 17.6 Å². The van der Waals surface area contributed by atoms with E-state index in [1.807, 2.05) is 19.1 Å². The van der Waals surface area contributed by atoms with Gasteiger partial charge in [-0.25, -0.2) is 9.97 Å². The number of anilines is 1. The molecule has 0 radical (unpaired) electrons. The Morgan fingerprint density at radius 2 is 1.96 bits per heavy atom. The van der Waals surface area contributed by atoms with Crippen LogP contribution >= 0.6 is 39.7 Å². The van der Waals surface area contributed by atoms with Crippen LogP contribution in [0.5, 0.6) is 0 Å². The van der Waals surface area contributed by atoms with E-state index in [1.54, 1.807) is 22.7 Å². The topological polar surface area (TPSA) is 54.9 Å². The number of rotatable bonds is 3. The van der Waals surface area contributed by atoms with Crippen LogP contribution in [0.4, 0.5) is 5.69 Å². The average Bonchev–Trinajstić information content (AvgIpc) is 3.18. The molecule has 2 aromatic heterocycles. The summed E-state index contributed by atoms with van der Waals surface area (Å²) in [4.78, 5) is 20.6. The average molecular weight is 408 g/mol. The van der Waals surface area contributed by atoms with Crippen molar-refractivity contribution in [3.63, 3.8) is 0 Å². The van der Waals surface area contributed by atoms with Crippen molar-refractivity contribution in [1.82, 2.24) is 9.97 Å². The molecule has 3 heterocycles. The molecule has 1 N–H and O–H groups in total. The zero-order chi connectivity index (χ0) is 15.1. The van der Waals surface area contributed by atoms with Crippen molar-refractivity contribution in [2.75, 3.05) is 5.32 Å². The predicted octanol–water partition coefficient (Wildman–Crippen LogP) is 4.24. The molecule has 0 fully saturated rings. The number of carbonyl (C=O) groups excluding carboxylic acids is 1. The lowest BCUT2D eigenvalue weighted by molar-refractivity contribution is -0.115. The second kappa shape index (κ2) is 6.51. The van der Waals surface area contributed by atoms with Gasteiger partial charge in [0.05, 0.1) is 23.5 Å². The minimum absolute atomic E-state index is 0. The van der Waals surface area contributed by atoms with Gasteiger partial charge in [-0.1, -0.05) is 6.07 Å². The largest absolute Gasteiger partial charge is 0.326 e. The summed E-state index contributed by atoms with van der Waals surface area (Å²) < 4.78 is 0. The van der Waals surface area contributed by atoms with Gasteiger partial charge in [-0.15, -0.1) is 39.7 Å². The number of aromatic nitrogens is 2. The Hall–Kier alpha value is -1.57. The van der Waals surface area contributed by atoms with Gasteiger partial charge in [-0.2, -0.15) is 0 Å². The van der Waals surface area contributed by atoms with E-state index in [4.69, 9.17) is 4.98 Å². The first-order chi connectivity index (χ1) is 10.7. The van der Waals surface area contributed by atoms with Crippen molar-refractivity contribution in [3.8, 4) is 11.3 Å². The highest BCUT2D eigenvalue weighted by Crippen LogP contribution is 2.30. The Kier molecular flexibility index (Phi) is 4.61. The van der Waals surface area contributed by atoms with Crippen LogP contribution in [0, 0.1) is 6.92 Å². The molecule has 0 atom stereocenters. The zero-order valence-electron chi connectivity index (χ0n) is 12.3. The molecule has 4 rings (SSSR count). The van der Waals surface area contributed by atoms with Crippen molar-refractivity contribution < 1.29 is 4.79 Å². The quantitative estimate of drug-likeness (QED) is 0.706. The first-order valence-electron chi connectivity index (χ1n) is 6.96. The first-order valence-corrected chi connectivity index (χ1v) is 8.72. The standard InChI is InChI=1S/C16H13N3OS2.BrH/c1-9-7-21-15(17-9)6-16-19-13(8-22-16)10-2-3-12-11(4-10)5-14(20)18-12;/h2-4,7-8H,5-6H2,1H3,(H,18,20);1H. The maximum Gasteiger partial charge on any atom is 0.228 e. The van der Waals surface area contributed by atoms with Gasteiger partial charge < -0.3 is 5.32 Å². The Morgan fingerprint density at radius 3 is 2.74 bits per heavy atom. The third-order valence-corrected chi connectivity index (χ3v) is 5.36. The summed E-state index contributed by atoms with van der Waals surface area (Å²) in [5, 5.41) is 9.16. The van der Waals surface area contributed by atoms with Crippen LogP contribution in [-0.4, -0.2) is 15.9 Å². The van der Waals surface area contributed by atoms with Crippen LogP contribution in [0.3, 0.4) is 0 Å². The van der Waals surface area contributed by atoms with Gasteiger partial charge in [0, 0.05) is 27.7 Å². The van der Waals surface area contributed by atoms with Gasteiger partial charge in [-0.3, -0.25) is 4.79 Å². The van der Waals surface area contributed by atoms with Crippen LogP contribution < -0.4 is 5.32 Å². The molecule has 0 spiro atoms. The molecular weight excluding hydrogens is 394 g/mol. The smallest absolute Gasteiger partial charge is 0.228 e. The van der Waals surface area contributed by atoms with Crippen molar-refractivity contribution in [2.24, 2.45) is 0 Å². The molecule has 23 heavy (non-hydrogen) atoms. The van der Waals surface area contributed by atoms with Crippen LogP contribution in [0.2, 0.25) is 0 Å². The highest BCUT2D eigenvalue weighted by Gasteiger charge is 2.18. The number of aryl methyl sites for hydroxylation is 1. The molecule has 0 saturated carbocycles. The first kappa shape index (κ1) is 16.3. The van der Waals surface area contributed by atoms with Crippen LogP contribution in [0.25, 0.3) is 11.3 Å². The second-order valence-electron chi connectivity index (χ2n) is 5.28. The lowest BCUT2D eigenvalue weighted by Gasteiger charge is -2.01. The van der Waals surface area contributed by atoms with Crippen LogP contribution in [0.15, 0.2) is 29.0 Å². The highest BCUT2D eigenvalue weighted by atomic mass is 79.9. The number of halogens is 1. The molecule has 1 aromatic carbocycles. The fraction of sp³-hybridized carbons (Fsp3) is 0.188. The van der Waals surface area contributed by atoms with Crippen molar-refractivity contribution in [2.45, 2.75) is 19.8 Å². The van der Waals surface area contributed by atoms with E-state index in [0.717, 1.165) is 44.6 Å². The minimum Gasteiger partial charge on any atom is -0.326 e. The Labute approximate surface area is 152 Å². The van der Waals surface area contributed by atoms with E-state index in [1.165, 1.54) is 0 Å². The number of thiazole rings is 2. The SMILES string of the molecule is Br.Cc1csc(Cc2nc(-c3ccc4c(c3)CC(=O)N4)cs2)n1. The van der Waals surface area contributed by atoms with Gasteiger partial charge in [0.25, 0.3) is 0 Å². The van der Waals surface area contributed by atoms with E-state index >= 15 is 0 Å². The molecule has 1 aliphatic rings. The maximum absolute atomic E-state index is 11.4. The third kappa shape index (κ3) is 3.36. The lowest BCUT2D eigenvalue weighted by Crippen LogP contribution is -2.03. The number of hydrogen-bond donors (Lipinski definition) is 1. The highest BCUT2D eigenvalue weighted by molar-refractivity contribution is 8.93. The van der Waals surface area contributed by atoms with E-state index in [2.05, 4.69) is 27.1 Å². The Balaban J connectivity index is 0.00000156. The van der Waals surface area contributed by atoms with E-state index in [0.29, 0.717) is 6.42 Å². The summed E-state index contributed by atoms with van der Waals surface area (Å²) in [6.45, 7) is 2.01. The number of amides is 1. The summed E-state index contributed by atoms with van der Waals surface area (Å²) in [6.07, 6.45) is 1.24. The molecule has 0 aliphatic carbocycles. The molecule has 1 amide bonds. The number of carbonyl (C=O) groups is 1. The van der Waals surface area contributed by atoms with Gasteiger partial charge in [-0.05, 0) is 24.6 Å². The summed E-state index contributed by atoms with van der Waals surface area (Å²) in [6, 6.07) is 6.02. The van der Waals surface area contributed by atoms with E-state index in [9.17, 15) is 4.79 Å². The monoisotopic (exact) mass is 407 g/mol. The predicted molar refractivity (Wildman–Crippen MR) is 99.9 cm³/mol. The number of fused-ring (bicyclic) bond motifs is 1. The third-order valence-electron chi connectivity index (χ3n) is 3.55. The van der Waals surface area contributed by atoms with Gasteiger partial charge in [0.1, 0.15) is 5.01 Å². The molecule has 0 bridgehead atoms. The number of nitrogens with one attached hydrogen (secondary N) is 1. The maximum atomic E-state index is 11.4.